The first-order valence-corrected chi connectivity index (χ1v) is 10.8. The van der Waals surface area contributed by atoms with Crippen LogP contribution in [0.3, 0.4) is 0 Å². The van der Waals surface area contributed by atoms with Crippen molar-refractivity contribution in [3.63, 3.8) is 0 Å². The zero-order valence-electron chi connectivity index (χ0n) is 16.2. The molecule has 1 aliphatic heterocycles. The monoisotopic (exact) mass is 419 g/mol. The van der Waals surface area contributed by atoms with E-state index in [9.17, 15) is 8.42 Å². The summed E-state index contributed by atoms with van der Waals surface area (Å²) in [4.78, 5) is 5.15. The minimum Gasteiger partial charge on any atom is -0.368 e. The molecule has 2 aromatic carbocycles. The molecular weight excluding hydrogens is 394 g/mol. The van der Waals surface area contributed by atoms with Crippen molar-refractivity contribution in [1.29, 1.82) is 0 Å². The Kier molecular flexibility index (Phi) is 6.03. The summed E-state index contributed by atoms with van der Waals surface area (Å²) in [6.45, 7) is 9.09. The zero-order chi connectivity index (χ0) is 19.0. The van der Waals surface area contributed by atoms with Crippen molar-refractivity contribution in [3.05, 3.63) is 60.3 Å². The standard InChI is InChI=1S/C21H25N3O2S.ClH/c1-3-22-13-15-23(16-14-22)19-8-6-9-20-18(19)11-12-24(20)27(25,26)21-10-5-4-7-17(21)2;/h4-12H,3,13-16H2,1-2H3;1H. The second kappa shape index (κ2) is 8.15. The van der Waals surface area contributed by atoms with Gasteiger partial charge < -0.3 is 9.80 Å². The van der Waals surface area contributed by atoms with Gasteiger partial charge in [0.1, 0.15) is 0 Å². The van der Waals surface area contributed by atoms with Gasteiger partial charge in [-0.1, -0.05) is 31.2 Å². The lowest BCUT2D eigenvalue weighted by Crippen LogP contribution is -2.46. The fraction of sp³-hybridized carbons (Fsp3) is 0.333. The van der Waals surface area contributed by atoms with E-state index < -0.39 is 10.0 Å². The number of halogens is 1. The normalized spacial score (nSPS) is 15.6. The fourth-order valence-corrected chi connectivity index (χ4v) is 5.45. The molecule has 1 aromatic heterocycles. The topological polar surface area (TPSA) is 45.5 Å². The van der Waals surface area contributed by atoms with E-state index in [1.165, 1.54) is 3.97 Å². The Labute approximate surface area is 173 Å². The number of benzene rings is 2. The zero-order valence-corrected chi connectivity index (χ0v) is 17.8. The molecule has 2 heterocycles. The van der Waals surface area contributed by atoms with Crippen LogP contribution in [0.4, 0.5) is 5.69 Å². The highest BCUT2D eigenvalue weighted by molar-refractivity contribution is 7.90. The van der Waals surface area contributed by atoms with Crippen molar-refractivity contribution in [2.24, 2.45) is 0 Å². The molecule has 28 heavy (non-hydrogen) atoms. The number of hydrogen-bond donors (Lipinski definition) is 0. The van der Waals surface area contributed by atoms with Crippen LogP contribution in [0.1, 0.15) is 12.5 Å². The maximum absolute atomic E-state index is 13.2. The molecule has 1 aliphatic rings. The van der Waals surface area contributed by atoms with Crippen molar-refractivity contribution in [3.8, 4) is 0 Å². The highest BCUT2D eigenvalue weighted by Crippen LogP contribution is 2.31. The first-order chi connectivity index (χ1) is 13.0. The highest BCUT2D eigenvalue weighted by atomic mass is 35.5. The molecule has 3 aromatic rings. The average Bonchev–Trinajstić information content (AvgIpc) is 3.13. The van der Waals surface area contributed by atoms with Crippen LogP contribution in [0.5, 0.6) is 0 Å². The summed E-state index contributed by atoms with van der Waals surface area (Å²) in [5, 5.41) is 0.986. The van der Waals surface area contributed by atoms with Gasteiger partial charge in [0.25, 0.3) is 10.0 Å². The van der Waals surface area contributed by atoms with Crippen LogP contribution in [0.15, 0.2) is 59.6 Å². The molecular formula is C21H26ClN3O2S. The Bertz CT molecular complexity index is 1070. The third-order valence-electron chi connectivity index (χ3n) is 5.46. The molecule has 0 atom stereocenters. The van der Waals surface area contributed by atoms with E-state index in [4.69, 9.17) is 0 Å². The first kappa shape index (κ1) is 20.7. The fourth-order valence-electron chi connectivity index (χ4n) is 3.87. The minimum absolute atomic E-state index is 0. The quantitative estimate of drug-likeness (QED) is 0.646. The molecule has 0 amide bonds. The number of hydrogen-bond acceptors (Lipinski definition) is 4. The summed E-state index contributed by atoms with van der Waals surface area (Å²) in [6, 6.07) is 15.0. The number of aromatic nitrogens is 1. The summed E-state index contributed by atoms with van der Waals surface area (Å²) in [6.07, 6.45) is 1.68. The molecule has 0 N–H and O–H groups in total. The van der Waals surface area contributed by atoms with Gasteiger partial charge in [0.05, 0.1) is 10.4 Å². The molecule has 5 nitrogen and oxygen atoms in total. The number of likely N-dealkylation sites (N-methyl/N-ethyl adjacent to an activating group) is 1. The van der Waals surface area contributed by atoms with Crippen LogP contribution in [-0.2, 0) is 10.0 Å². The number of anilines is 1. The van der Waals surface area contributed by atoms with Gasteiger partial charge in [-0.25, -0.2) is 12.4 Å². The van der Waals surface area contributed by atoms with Crippen LogP contribution in [0, 0.1) is 6.92 Å². The summed E-state index contributed by atoms with van der Waals surface area (Å²) in [7, 11) is -3.62. The molecule has 0 unspecified atom stereocenters. The molecule has 0 aliphatic carbocycles. The SMILES string of the molecule is CCN1CCN(c2cccc3c2ccn3S(=O)(=O)c2ccccc2C)CC1.Cl. The minimum atomic E-state index is -3.62. The van der Waals surface area contributed by atoms with E-state index in [0.29, 0.717) is 4.90 Å². The van der Waals surface area contributed by atoms with Crippen molar-refractivity contribution in [2.75, 3.05) is 37.6 Å². The van der Waals surface area contributed by atoms with Gasteiger partial charge in [0.2, 0.25) is 0 Å². The van der Waals surface area contributed by atoms with E-state index in [1.54, 1.807) is 18.3 Å². The smallest absolute Gasteiger partial charge is 0.268 e. The molecule has 0 saturated carbocycles. The first-order valence-electron chi connectivity index (χ1n) is 9.41. The van der Waals surface area contributed by atoms with E-state index >= 15 is 0 Å². The largest absolute Gasteiger partial charge is 0.368 e. The second-order valence-electron chi connectivity index (χ2n) is 7.01. The second-order valence-corrected chi connectivity index (χ2v) is 8.80. The Morgan fingerprint density at radius 1 is 0.929 bits per heavy atom. The van der Waals surface area contributed by atoms with E-state index in [2.05, 4.69) is 22.8 Å². The van der Waals surface area contributed by atoms with Crippen LogP contribution in [0.25, 0.3) is 10.9 Å². The average molecular weight is 420 g/mol. The lowest BCUT2D eigenvalue weighted by Gasteiger charge is -2.35. The van der Waals surface area contributed by atoms with Crippen LogP contribution < -0.4 is 4.90 Å². The summed E-state index contributed by atoms with van der Waals surface area (Å²) < 4.78 is 27.9. The Hall–Kier alpha value is -2.02. The number of aryl methyl sites for hydroxylation is 1. The molecule has 1 saturated heterocycles. The maximum atomic E-state index is 13.2. The highest BCUT2D eigenvalue weighted by Gasteiger charge is 2.23. The van der Waals surface area contributed by atoms with Gasteiger partial charge in [0.15, 0.2) is 0 Å². The molecule has 4 rings (SSSR count). The third-order valence-corrected chi connectivity index (χ3v) is 7.31. The molecule has 0 radical (unpaired) electrons. The Morgan fingerprint density at radius 2 is 1.64 bits per heavy atom. The summed E-state index contributed by atoms with van der Waals surface area (Å²) >= 11 is 0. The van der Waals surface area contributed by atoms with Gasteiger partial charge >= 0.3 is 0 Å². The van der Waals surface area contributed by atoms with E-state index in [1.807, 2.05) is 37.3 Å². The number of rotatable bonds is 4. The van der Waals surface area contributed by atoms with Gasteiger partial charge in [-0.05, 0) is 43.3 Å². The van der Waals surface area contributed by atoms with Crippen LogP contribution in [0.2, 0.25) is 0 Å². The molecule has 0 bridgehead atoms. The van der Waals surface area contributed by atoms with Crippen LogP contribution >= 0.6 is 12.4 Å². The maximum Gasteiger partial charge on any atom is 0.268 e. The van der Waals surface area contributed by atoms with Gasteiger partial charge in [0, 0.05) is 43.4 Å². The number of piperazine rings is 1. The molecule has 0 spiro atoms. The predicted octanol–water partition coefficient (Wildman–Crippen LogP) is 3.75. The lowest BCUT2D eigenvalue weighted by molar-refractivity contribution is 0.271. The van der Waals surface area contributed by atoms with Gasteiger partial charge in [-0.15, -0.1) is 12.4 Å². The lowest BCUT2D eigenvalue weighted by atomic mass is 10.2. The summed E-state index contributed by atoms with van der Waals surface area (Å²) in [5.41, 5.74) is 2.60. The Balaban J connectivity index is 0.00000225. The van der Waals surface area contributed by atoms with Crippen molar-refractivity contribution in [2.45, 2.75) is 18.7 Å². The molecule has 150 valence electrons. The van der Waals surface area contributed by atoms with E-state index in [0.717, 1.165) is 54.9 Å². The van der Waals surface area contributed by atoms with Crippen molar-refractivity contribution >= 4 is 39.0 Å². The van der Waals surface area contributed by atoms with Gasteiger partial charge in [-0.2, -0.15) is 0 Å². The Morgan fingerprint density at radius 3 is 2.32 bits per heavy atom. The number of nitrogens with zero attached hydrogens (tertiary/aromatic N) is 3. The molecule has 7 heteroatoms. The predicted molar refractivity (Wildman–Crippen MR) is 117 cm³/mol. The summed E-state index contributed by atoms with van der Waals surface area (Å²) in [5.74, 6) is 0. The van der Waals surface area contributed by atoms with Gasteiger partial charge in [-0.3, -0.25) is 0 Å². The molecule has 1 fully saturated rings. The van der Waals surface area contributed by atoms with E-state index in [-0.39, 0.29) is 12.4 Å². The van der Waals surface area contributed by atoms with Crippen molar-refractivity contribution in [1.82, 2.24) is 8.87 Å². The van der Waals surface area contributed by atoms with Crippen molar-refractivity contribution < 1.29 is 8.42 Å². The third kappa shape index (κ3) is 3.52. The van der Waals surface area contributed by atoms with Crippen LogP contribution in [-0.4, -0.2) is 50.0 Å². The number of fused-ring (bicyclic) bond motifs is 1.